The average molecular weight is 405 g/mol. The van der Waals surface area contributed by atoms with Gasteiger partial charge >= 0.3 is 0 Å². The number of carbonyl (C=O) groups is 1. The molecule has 0 aliphatic heterocycles. The summed E-state index contributed by atoms with van der Waals surface area (Å²) < 4.78 is 6.66. The summed E-state index contributed by atoms with van der Waals surface area (Å²) in [6, 6.07) is 11.1. The number of aliphatic carboxylic acids is 1. The van der Waals surface area contributed by atoms with Crippen LogP contribution in [0.3, 0.4) is 0 Å². The second-order valence-electron chi connectivity index (χ2n) is 4.81. The summed E-state index contributed by atoms with van der Waals surface area (Å²) in [6.07, 6.45) is 1.40. The Morgan fingerprint density at radius 2 is 2.04 bits per heavy atom. The maximum Gasteiger partial charge on any atom is 0.213 e. The highest BCUT2D eigenvalue weighted by Gasteiger charge is 2.09. The molecule has 1 N–H and O–H groups in total. The Labute approximate surface area is 150 Å². The van der Waals surface area contributed by atoms with Crippen LogP contribution >= 0.6 is 27.7 Å². The second kappa shape index (κ2) is 7.06. The van der Waals surface area contributed by atoms with E-state index in [1.54, 1.807) is 19.1 Å². The second-order valence-corrected chi connectivity index (χ2v) is 6.74. The number of halogens is 1. The summed E-state index contributed by atoms with van der Waals surface area (Å²) >= 11 is 4.27. The van der Waals surface area contributed by atoms with Gasteiger partial charge in [-0.05, 0) is 49.0 Å². The van der Waals surface area contributed by atoms with Crippen LogP contribution in [0.25, 0.3) is 17.4 Å². The molecule has 0 unspecified atom stereocenters. The maximum atomic E-state index is 11.3. The zero-order valence-electron chi connectivity index (χ0n) is 12.4. The van der Waals surface area contributed by atoms with E-state index in [4.69, 9.17) is 4.42 Å². The van der Waals surface area contributed by atoms with E-state index in [1.807, 2.05) is 24.3 Å². The topological polar surface area (TPSA) is 94.8 Å². The third kappa shape index (κ3) is 3.95. The standard InChI is InChI=1S/C16H12BrN3O3S/c1-9-18-16(20-19-9)24-14(15(21)22)8-12-6-7-13(23-12)10-2-4-11(17)5-3-10/h2-8H,1H3,(H,21,22)(H,18,19,20)/p-1/b14-8+. The summed E-state index contributed by atoms with van der Waals surface area (Å²) in [7, 11) is 0. The number of H-pyrrole nitrogens is 1. The SMILES string of the molecule is Cc1nc(S/C(=C/c2ccc(-c3ccc(Br)cc3)o2)C(=O)[O-])n[nH]1. The smallest absolute Gasteiger partial charge is 0.213 e. The van der Waals surface area contributed by atoms with Gasteiger partial charge < -0.3 is 14.3 Å². The number of rotatable bonds is 5. The van der Waals surface area contributed by atoms with E-state index in [2.05, 4.69) is 31.1 Å². The van der Waals surface area contributed by atoms with Gasteiger partial charge in [-0.25, -0.2) is 4.98 Å². The van der Waals surface area contributed by atoms with Gasteiger partial charge in [0.1, 0.15) is 17.3 Å². The Hall–Kier alpha value is -2.32. The fourth-order valence-corrected chi connectivity index (χ4v) is 2.92. The van der Waals surface area contributed by atoms with E-state index in [0.717, 1.165) is 21.8 Å². The molecular formula is C16H11BrN3O3S-. The minimum atomic E-state index is -1.32. The number of carboxylic acid groups (broad SMARTS) is 1. The normalized spacial score (nSPS) is 11.7. The predicted molar refractivity (Wildman–Crippen MR) is 91.8 cm³/mol. The minimum absolute atomic E-state index is 0.0364. The van der Waals surface area contributed by atoms with Crippen molar-refractivity contribution in [2.24, 2.45) is 0 Å². The highest BCUT2D eigenvalue weighted by atomic mass is 79.9. The quantitative estimate of drug-likeness (QED) is 0.518. The first kappa shape index (κ1) is 16.5. The largest absolute Gasteiger partial charge is 0.544 e. The van der Waals surface area contributed by atoms with Crippen LogP contribution in [0, 0.1) is 6.92 Å². The molecular weight excluding hydrogens is 394 g/mol. The lowest BCUT2D eigenvalue weighted by molar-refractivity contribution is -0.298. The number of benzene rings is 1. The molecule has 0 atom stereocenters. The average Bonchev–Trinajstić information content (AvgIpc) is 3.17. The number of aryl methyl sites for hydroxylation is 1. The highest BCUT2D eigenvalue weighted by Crippen LogP contribution is 2.28. The lowest BCUT2D eigenvalue weighted by Crippen LogP contribution is -2.23. The number of aromatic nitrogens is 3. The molecule has 2 aromatic heterocycles. The van der Waals surface area contributed by atoms with Gasteiger partial charge in [-0.1, -0.05) is 28.1 Å². The first-order valence-corrected chi connectivity index (χ1v) is 8.48. The number of hydrogen-bond acceptors (Lipinski definition) is 6. The van der Waals surface area contributed by atoms with Crippen LogP contribution in [0.1, 0.15) is 11.6 Å². The molecule has 0 spiro atoms. The van der Waals surface area contributed by atoms with Crippen LogP contribution in [-0.2, 0) is 4.79 Å². The van der Waals surface area contributed by atoms with Crippen LogP contribution in [0.15, 0.2) is 55.3 Å². The number of aromatic amines is 1. The van der Waals surface area contributed by atoms with E-state index in [0.29, 0.717) is 22.5 Å². The summed E-state index contributed by atoms with van der Waals surface area (Å²) in [5.41, 5.74) is 0.894. The molecule has 0 amide bonds. The molecule has 24 heavy (non-hydrogen) atoms. The van der Waals surface area contributed by atoms with Gasteiger partial charge in [0.15, 0.2) is 0 Å². The van der Waals surface area contributed by atoms with Crippen LogP contribution in [0.2, 0.25) is 0 Å². The number of carboxylic acids is 1. The molecule has 6 nitrogen and oxygen atoms in total. The van der Waals surface area contributed by atoms with Crippen molar-refractivity contribution < 1.29 is 14.3 Å². The highest BCUT2D eigenvalue weighted by molar-refractivity contribution is 9.10. The molecule has 0 saturated carbocycles. The van der Waals surface area contributed by atoms with Crippen molar-refractivity contribution in [2.45, 2.75) is 12.1 Å². The summed E-state index contributed by atoms with van der Waals surface area (Å²) in [6.45, 7) is 1.73. The molecule has 2 heterocycles. The number of nitrogens with zero attached hydrogens (tertiary/aromatic N) is 2. The molecule has 0 radical (unpaired) electrons. The first-order valence-electron chi connectivity index (χ1n) is 6.87. The third-order valence-electron chi connectivity index (χ3n) is 3.01. The van der Waals surface area contributed by atoms with Crippen LogP contribution < -0.4 is 5.11 Å². The lowest BCUT2D eigenvalue weighted by Gasteiger charge is -2.04. The van der Waals surface area contributed by atoms with E-state index in [-0.39, 0.29) is 4.91 Å². The van der Waals surface area contributed by atoms with E-state index < -0.39 is 5.97 Å². The molecule has 122 valence electrons. The van der Waals surface area contributed by atoms with E-state index in [9.17, 15) is 9.90 Å². The van der Waals surface area contributed by atoms with Crippen molar-refractivity contribution in [1.82, 2.24) is 15.2 Å². The predicted octanol–water partition coefficient (Wildman–Crippen LogP) is 3.02. The van der Waals surface area contributed by atoms with Crippen LogP contribution in [0.4, 0.5) is 0 Å². The monoisotopic (exact) mass is 404 g/mol. The Balaban J connectivity index is 1.85. The van der Waals surface area contributed by atoms with Gasteiger partial charge in [-0.2, -0.15) is 0 Å². The number of thioether (sulfide) groups is 1. The first-order chi connectivity index (χ1) is 11.5. The number of furan rings is 1. The summed E-state index contributed by atoms with van der Waals surface area (Å²) in [5.74, 6) is 0.340. The molecule has 3 aromatic rings. The van der Waals surface area contributed by atoms with Gasteiger partial charge in [-0.3, -0.25) is 5.10 Å². The maximum absolute atomic E-state index is 11.3. The summed E-state index contributed by atoms with van der Waals surface area (Å²) in [5, 5.41) is 18.2. The zero-order chi connectivity index (χ0) is 17.1. The van der Waals surface area contributed by atoms with Crippen molar-refractivity contribution in [1.29, 1.82) is 0 Å². The van der Waals surface area contributed by atoms with Crippen molar-refractivity contribution in [3.63, 3.8) is 0 Å². The Morgan fingerprint density at radius 3 is 2.67 bits per heavy atom. The van der Waals surface area contributed by atoms with Gasteiger partial charge in [-0.15, -0.1) is 5.10 Å². The van der Waals surface area contributed by atoms with Gasteiger partial charge in [0.2, 0.25) is 5.16 Å². The Kier molecular flexibility index (Phi) is 4.86. The van der Waals surface area contributed by atoms with Gasteiger partial charge in [0, 0.05) is 14.9 Å². The molecule has 0 aliphatic rings. The molecule has 3 rings (SSSR count). The van der Waals surface area contributed by atoms with E-state index in [1.165, 1.54) is 6.08 Å². The lowest BCUT2D eigenvalue weighted by atomic mass is 10.2. The third-order valence-corrected chi connectivity index (χ3v) is 4.41. The molecule has 0 bridgehead atoms. The molecule has 0 saturated heterocycles. The van der Waals surface area contributed by atoms with Gasteiger partial charge in [0.25, 0.3) is 0 Å². The van der Waals surface area contributed by atoms with Crippen LogP contribution in [0.5, 0.6) is 0 Å². The van der Waals surface area contributed by atoms with Gasteiger partial charge in [0.05, 0.1) is 5.97 Å². The Morgan fingerprint density at radius 1 is 1.29 bits per heavy atom. The number of nitrogens with one attached hydrogen (secondary N) is 1. The molecule has 8 heteroatoms. The Bertz CT molecular complexity index is 899. The van der Waals surface area contributed by atoms with Crippen LogP contribution in [-0.4, -0.2) is 21.2 Å². The van der Waals surface area contributed by atoms with Crippen molar-refractivity contribution >= 4 is 39.7 Å². The number of carbonyl (C=O) groups excluding carboxylic acids is 1. The zero-order valence-corrected chi connectivity index (χ0v) is 14.8. The molecule has 0 aliphatic carbocycles. The fraction of sp³-hybridized carbons (Fsp3) is 0.0625. The van der Waals surface area contributed by atoms with Crippen molar-refractivity contribution in [2.75, 3.05) is 0 Å². The number of hydrogen-bond donors (Lipinski definition) is 1. The minimum Gasteiger partial charge on any atom is -0.544 e. The molecule has 0 fully saturated rings. The van der Waals surface area contributed by atoms with E-state index >= 15 is 0 Å². The summed E-state index contributed by atoms with van der Waals surface area (Å²) in [4.78, 5) is 15.3. The molecule has 1 aromatic carbocycles. The van der Waals surface area contributed by atoms with Crippen molar-refractivity contribution in [3.05, 3.63) is 57.4 Å². The fourth-order valence-electron chi connectivity index (χ4n) is 1.93. The van der Waals surface area contributed by atoms with Crippen molar-refractivity contribution in [3.8, 4) is 11.3 Å².